The van der Waals surface area contributed by atoms with E-state index in [1.54, 1.807) is 0 Å². The van der Waals surface area contributed by atoms with Crippen molar-refractivity contribution in [2.24, 2.45) is 5.92 Å². The predicted molar refractivity (Wildman–Crippen MR) is 73.5 cm³/mol. The van der Waals surface area contributed by atoms with Crippen molar-refractivity contribution in [3.8, 4) is 0 Å². The number of hydrogen-bond acceptors (Lipinski definition) is 3. The Labute approximate surface area is 117 Å². The highest BCUT2D eigenvalue weighted by Crippen LogP contribution is 2.08. The lowest BCUT2D eigenvalue weighted by atomic mass is 10.1. The van der Waals surface area contributed by atoms with Crippen LogP contribution in [0.5, 0.6) is 0 Å². The van der Waals surface area contributed by atoms with Crippen molar-refractivity contribution in [2.75, 3.05) is 11.9 Å². The SMILES string of the molecule is CC(C)CC(O)CNC(=O)C(=O)Nc1ccc(F)cc1. The zero-order valence-electron chi connectivity index (χ0n) is 11.5. The number of nitrogens with one attached hydrogen (secondary N) is 2. The van der Waals surface area contributed by atoms with Crippen LogP contribution in [0.4, 0.5) is 10.1 Å². The van der Waals surface area contributed by atoms with Gasteiger partial charge in [-0.1, -0.05) is 13.8 Å². The minimum atomic E-state index is -0.853. The Kier molecular flexibility index (Phi) is 6.11. The van der Waals surface area contributed by atoms with Crippen molar-refractivity contribution < 1.29 is 19.1 Å². The van der Waals surface area contributed by atoms with Crippen LogP contribution in [0.3, 0.4) is 0 Å². The molecule has 0 saturated carbocycles. The highest BCUT2D eigenvalue weighted by molar-refractivity contribution is 6.39. The van der Waals surface area contributed by atoms with Crippen molar-refractivity contribution >= 4 is 17.5 Å². The molecule has 2 amide bonds. The topological polar surface area (TPSA) is 78.4 Å². The molecule has 0 fully saturated rings. The van der Waals surface area contributed by atoms with Crippen LogP contribution >= 0.6 is 0 Å². The molecule has 6 heteroatoms. The van der Waals surface area contributed by atoms with Gasteiger partial charge in [0.25, 0.3) is 0 Å². The highest BCUT2D eigenvalue weighted by atomic mass is 19.1. The molecule has 0 bridgehead atoms. The molecule has 0 aliphatic heterocycles. The number of halogens is 1. The van der Waals surface area contributed by atoms with E-state index in [2.05, 4.69) is 10.6 Å². The summed E-state index contributed by atoms with van der Waals surface area (Å²) in [5.41, 5.74) is 0.328. The molecule has 0 aliphatic carbocycles. The number of aliphatic hydroxyl groups is 1. The largest absolute Gasteiger partial charge is 0.391 e. The molecule has 5 nitrogen and oxygen atoms in total. The zero-order valence-corrected chi connectivity index (χ0v) is 11.5. The number of benzene rings is 1. The molecule has 110 valence electrons. The van der Waals surface area contributed by atoms with Gasteiger partial charge in [-0.05, 0) is 36.6 Å². The van der Waals surface area contributed by atoms with Gasteiger partial charge in [-0.25, -0.2) is 4.39 Å². The molecular weight excluding hydrogens is 263 g/mol. The normalized spacial score (nSPS) is 12.1. The second-order valence-corrected chi connectivity index (χ2v) is 4.95. The fourth-order valence-electron chi connectivity index (χ4n) is 1.64. The van der Waals surface area contributed by atoms with Crippen molar-refractivity contribution in [1.82, 2.24) is 5.32 Å². The van der Waals surface area contributed by atoms with Gasteiger partial charge in [0, 0.05) is 12.2 Å². The van der Waals surface area contributed by atoms with Crippen LogP contribution < -0.4 is 10.6 Å². The minimum Gasteiger partial charge on any atom is -0.391 e. The summed E-state index contributed by atoms with van der Waals surface area (Å²) in [6, 6.07) is 5.07. The Hall–Kier alpha value is -1.95. The van der Waals surface area contributed by atoms with Crippen LogP contribution in [-0.2, 0) is 9.59 Å². The molecule has 1 unspecified atom stereocenters. The number of carbonyl (C=O) groups is 2. The third-order valence-corrected chi connectivity index (χ3v) is 2.55. The maximum Gasteiger partial charge on any atom is 0.313 e. The number of hydrogen-bond donors (Lipinski definition) is 3. The van der Waals surface area contributed by atoms with Gasteiger partial charge in [-0.3, -0.25) is 9.59 Å². The second kappa shape index (κ2) is 7.59. The first-order valence-corrected chi connectivity index (χ1v) is 6.41. The van der Waals surface area contributed by atoms with Crippen LogP contribution in [0, 0.1) is 11.7 Å². The van der Waals surface area contributed by atoms with Gasteiger partial charge in [-0.2, -0.15) is 0 Å². The first-order chi connectivity index (χ1) is 9.38. The lowest BCUT2D eigenvalue weighted by Gasteiger charge is -2.13. The van der Waals surface area contributed by atoms with Crippen molar-refractivity contribution in [1.29, 1.82) is 0 Å². The van der Waals surface area contributed by atoms with Crippen molar-refractivity contribution in [2.45, 2.75) is 26.4 Å². The fraction of sp³-hybridized carbons (Fsp3) is 0.429. The molecule has 1 aromatic carbocycles. The van der Waals surface area contributed by atoms with Gasteiger partial charge >= 0.3 is 11.8 Å². The molecular formula is C14H19FN2O3. The minimum absolute atomic E-state index is 0.0217. The number of carbonyl (C=O) groups excluding carboxylic acids is 2. The quantitative estimate of drug-likeness (QED) is 0.712. The highest BCUT2D eigenvalue weighted by Gasteiger charge is 2.15. The number of rotatable bonds is 5. The molecule has 1 rings (SSSR count). The molecule has 1 atom stereocenters. The maximum atomic E-state index is 12.7. The molecule has 0 aromatic heterocycles. The van der Waals surface area contributed by atoms with Crippen LogP contribution in [0.15, 0.2) is 24.3 Å². The average Bonchev–Trinajstić information content (AvgIpc) is 2.37. The van der Waals surface area contributed by atoms with E-state index < -0.39 is 23.7 Å². The lowest BCUT2D eigenvalue weighted by Crippen LogP contribution is -2.39. The summed E-state index contributed by atoms with van der Waals surface area (Å²) in [7, 11) is 0. The van der Waals surface area contributed by atoms with E-state index in [1.807, 2.05) is 13.8 Å². The Morgan fingerprint density at radius 3 is 2.35 bits per heavy atom. The summed E-state index contributed by atoms with van der Waals surface area (Å²) in [6.45, 7) is 3.92. The molecule has 0 heterocycles. The van der Waals surface area contributed by atoms with Gasteiger partial charge in [0.2, 0.25) is 0 Å². The first kappa shape index (κ1) is 16.1. The summed E-state index contributed by atoms with van der Waals surface area (Å²) in [5.74, 6) is -1.82. The van der Waals surface area contributed by atoms with E-state index in [0.717, 1.165) is 0 Å². The summed E-state index contributed by atoms with van der Waals surface area (Å²) in [4.78, 5) is 23.0. The lowest BCUT2D eigenvalue weighted by molar-refractivity contribution is -0.136. The average molecular weight is 282 g/mol. The van der Waals surface area contributed by atoms with Gasteiger partial charge in [0.05, 0.1) is 6.10 Å². The number of aliphatic hydroxyl groups excluding tert-OH is 1. The van der Waals surface area contributed by atoms with Crippen LogP contribution in [0.2, 0.25) is 0 Å². The Morgan fingerprint density at radius 1 is 1.20 bits per heavy atom. The fourth-order valence-corrected chi connectivity index (χ4v) is 1.64. The van der Waals surface area contributed by atoms with Crippen LogP contribution in [0.1, 0.15) is 20.3 Å². The molecule has 20 heavy (non-hydrogen) atoms. The van der Waals surface area contributed by atoms with Gasteiger partial charge in [0.15, 0.2) is 0 Å². The smallest absolute Gasteiger partial charge is 0.313 e. The number of amides is 2. The first-order valence-electron chi connectivity index (χ1n) is 6.41. The van der Waals surface area contributed by atoms with Gasteiger partial charge < -0.3 is 15.7 Å². The van der Waals surface area contributed by atoms with Crippen LogP contribution in [-0.4, -0.2) is 29.6 Å². The van der Waals surface area contributed by atoms with Crippen LogP contribution in [0.25, 0.3) is 0 Å². The van der Waals surface area contributed by atoms with E-state index >= 15 is 0 Å². The third-order valence-electron chi connectivity index (χ3n) is 2.55. The van der Waals surface area contributed by atoms with Gasteiger partial charge in [0.1, 0.15) is 5.82 Å². The van der Waals surface area contributed by atoms with Crippen molar-refractivity contribution in [3.63, 3.8) is 0 Å². The summed E-state index contributed by atoms with van der Waals surface area (Å²) in [5, 5.41) is 14.3. The second-order valence-electron chi connectivity index (χ2n) is 4.95. The molecule has 0 aliphatic rings. The number of anilines is 1. The molecule has 0 spiro atoms. The van der Waals surface area contributed by atoms with Crippen molar-refractivity contribution in [3.05, 3.63) is 30.1 Å². The van der Waals surface area contributed by atoms with E-state index in [4.69, 9.17) is 0 Å². The summed E-state index contributed by atoms with van der Waals surface area (Å²) in [6.07, 6.45) is -0.141. The Morgan fingerprint density at radius 2 is 1.80 bits per heavy atom. The molecule has 0 saturated heterocycles. The third kappa shape index (κ3) is 5.79. The van der Waals surface area contributed by atoms with Gasteiger partial charge in [-0.15, -0.1) is 0 Å². The maximum absolute atomic E-state index is 12.7. The molecule has 0 radical (unpaired) electrons. The van der Waals surface area contributed by atoms with E-state index in [1.165, 1.54) is 24.3 Å². The van der Waals surface area contributed by atoms with E-state index in [0.29, 0.717) is 18.0 Å². The molecule has 3 N–H and O–H groups in total. The van der Waals surface area contributed by atoms with E-state index in [-0.39, 0.29) is 6.54 Å². The Balaban J connectivity index is 2.39. The summed E-state index contributed by atoms with van der Waals surface area (Å²) < 4.78 is 12.7. The summed E-state index contributed by atoms with van der Waals surface area (Å²) >= 11 is 0. The Bertz CT molecular complexity index is 460. The van der Waals surface area contributed by atoms with E-state index in [9.17, 15) is 19.1 Å². The molecule has 1 aromatic rings. The zero-order chi connectivity index (χ0) is 15.1. The standard InChI is InChI=1S/C14H19FN2O3/c1-9(2)7-12(18)8-16-13(19)14(20)17-11-5-3-10(15)4-6-11/h3-6,9,12,18H,7-8H2,1-2H3,(H,16,19)(H,17,20). The monoisotopic (exact) mass is 282 g/mol. The predicted octanol–water partition coefficient (Wildman–Crippen LogP) is 1.29.